The van der Waals surface area contributed by atoms with Gasteiger partial charge in [-0.3, -0.25) is 0 Å². The van der Waals surface area contributed by atoms with Crippen molar-refractivity contribution >= 4 is 11.3 Å². The Morgan fingerprint density at radius 1 is 1.26 bits per heavy atom. The Bertz CT molecular complexity index is 611. The van der Waals surface area contributed by atoms with Gasteiger partial charge in [0.2, 0.25) is 0 Å². The fraction of sp³-hybridized carbons (Fsp3) is 0.467. The molecular weight excluding hydrogens is 236 g/mol. The lowest BCUT2D eigenvalue weighted by Gasteiger charge is -2.13. The maximum atomic E-state index is 4.64. The highest BCUT2D eigenvalue weighted by atomic mass is 15.2. The minimum Gasteiger partial charge on any atom is -0.365 e. The summed E-state index contributed by atoms with van der Waals surface area (Å²) < 4.78 is 1.91. The van der Waals surface area contributed by atoms with E-state index in [9.17, 15) is 0 Å². The van der Waals surface area contributed by atoms with Gasteiger partial charge in [-0.25, -0.2) is 9.50 Å². The van der Waals surface area contributed by atoms with Crippen LogP contribution in [0.15, 0.2) is 30.6 Å². The first kappa shape index (κ1) is 12.2. The zero-order valence-corrected chi connectivity index (χ0v) is 11.7. The Morgan fingerprint density at radius 2 is 2.00 bits per heavy atom. The molecule has 19 heavy (non-hydrogen) atoms. The molecule has 0 aromatic carbocycles. The van der Waals surface area contributed by atoms with Crippen LogP contribution in [0.1, 0.15) is 39.3 Å². The molecule has 0 spiro atoms. The van der Waals surface area contributed by atoms with Gasteiger partial charge in [0.1, 0.15) is 5.52 Å². The standard InChI is InChI=1S/C15H20N4/c1-15(2,3)13-10-12-14(16-8-9-19(12)18-13)17-11-6-4-5-7-11/h4-5,8-11H,6-7H2,1-3H3,(H,16,17). The fourth-order valence-electron chi connectivity index (χ4n) is 2.33. The molecule has 2 aromatic rings. The normalized spacial score (nSPS) is 16.4. The van der Waals surface area contributed by atoms with E-state index in [4.69, 9.17) is 0 Å². The Morgan fingerprint density at radius 3 is 2.68 bits per heavy atom. The van der Waals surface area contributed by atoms with Gasteiger partial charge in [0.05, 0.1) is 5.69 Å². The van der Waals surface area contributed by atoms with Crippen LogP contribution in [0.4, 0.5) is 5.82 Å². The lowest BCUT2D eigenvalue weighted by Crippen LogP contribution is -2.16. The summed E-state index contributed by atoms with van der Waals surface area (Å²) in [5.74, 6) is 0.930. The topological polar surface area (TPSA) is 42.2 Å². The molecule has 1 N–H and O–H groups in total. The molecule has 0 amide bonds. The smallest absolute Gasteiger partial charge is 0.152 e. The maximum absolute atomic E-state index is 4.64. The molecule has 1 aliphatic rings. The van der Waals surface area contributed by atoms with Crippen LogP contribution >= 0.6 is 0 Å². The molecule has 0 saturated carbocycles. The van der Waals surface area contributed by atoms with Gasteiger partial charge in [0.15, 0.2) is 5.82 Å². The summed E-state index contributed by atoms with van der Waals surface area (Å²) in [5, 5.41) is 8.15. The first-order valence-corrected chi connectivity index (χ1v) is 6.80. The molecule has 3 rings (SSSR count). The van der Waals surface area contributed by atoms with E-state index < -0.39 is 0 Å². The second-order valence-electron chi connectivity index (χ2n) is 6.17. The van der Waals surface area contributed by atoms with E-state index in [0.29, 0.717) is 6.04 Å². The van der Waals surface area contributed by atoms with Crippen LogP contribution in [0, 0.1) is 0 Å². The van der Waals surface area contributed by atoms with Crippen molar-refractivity contribution in [2.24, 2.45) is 0 Å². The molecule has 100 valence electrons. The Balaban J connectivity index is 1.97. The second-order valence-corrected chi connectivity index (χ2v) is 6.17. The van der Waals surface area contributed by atoms with Crippen molar-refractivity contribution < 1.29 is 0 Å². The molecule has 0 saturated heterocycles. The maximum Gasteiger partial charge on any atom is 0.152 e. The van der Waals surface area contributed by atoms with E-state index in [2.05, 4.69) is 54.4 Å². The van der Waals surface area contributed by atoms with E-state index in [1.54, 1.807) is 6.20 Å². The van der Waals surface area contributed by atoms with E-state index >= 15 is 0 Å². The minimum atomic E-state index is 0.0538. The van der Waals surface area contributed by atoms with Crippen LogP contribution in [0.2, 0.25) is 0 Å². The van der Waals surface area contributed by atoms with Crippen LogP contribution in [0.25, 0.3) is 5.52 Å². The second kappa shape index (κ2) is 4.37. The number of hydrogen-bond acceptors (Lipinski definition) is 3. The predicted molar refractivity (Wildman–Crippen MR) is 77.5 cm³/mol. The summed E-state index contributed by atoms with van der Waals surface area (Å²) in [6, 6.07) is 2.60. The third-order valence-corrected chi connectivity index (χ3v) is 3.51. The van der Waals surface area contributed by atoms with Gasteiger partial charge in [-0.1, -0.05) is 32.9 Å². The van der Waals surface area contributed by atoms with Crippen LogP contribution < -0.4 is 5.32 Å². The number of nitrogens with one attached hydrogen (secondary N) is 1. The van der Waals surface area contributed by atoms with E-state index in [-0.39, 0.29) is 5.41 Å². The lowest BCUT2D eigenvalue weighted by atomic mass is 9.92. The predicted octanol–water partition coefficient (Wildman–Crippen LogP) is 3.16. The minimum absolute atomic E-state index is 0.0538. The number of anilines is 1. The summed E-state index contributed by atoms with van der Waals surface area (Å²) >= 11 is 0. The third kappa shape index (κ3) is 2.35. The number of hydrogen-bond donors (Lipinski definition) is 1. The summed E-state index contributed by atoms with van der Waals surface area (Å²) in [4.78, 5) is 4.47. The highest BCUT2D eigenvalue weighted by Gasteiger charge is 2.20. The molecular formula is C15H20N4. The van der Waals surface area contributed by atoms with Crippen molar-refractivity contribution in [3.8, 4) is 0 Å². The van der Waals surface area contributed by atoms with Gasteiger partial charge in [-0.05, 0) is 18.9 Å². The van der Waals surface area contributed by atoms with E-state index in [1.807, 2.05) is 10.7 Å². The number of fused-ring (bicyclic) bond motifs is 1. The summed E-state index contributed by atoms with van der Waals surface area (Å²) in [6.45, 7) is 6.53. The first-order chi connectivity index (χ1) is 9.04. The Hall–Kier alpha value is -1.84. The van der Waals surface area contributed by atoms with Crippen LogP contribution in [0.3, 0.4) is 0 Å². The van der Waals surface area contributed by atoms with Crippen molar-refractivity contribution in [2.45, 2.75) is 45.1 Å². The van der Waals surface area contributed by atoms with Crippen molar-refractivity contribution in [3.63, 3.8) is 0 Å². The van der Waals surface area contributed by atoms with Crippen molar-refractivity contribution in [2.75, 3.05) is 5.32 Å². The van der Waals surface area contributed by atoms with Gasteiger partial charge in [0, 0.05) is 23.9 Å². The zero-order valence-electron chi connectivity index (χ0n) is 11.7. The molecule has 0 fully saturated rings. The SMILES string of the molecule is CC(C)(C)c1cc2c(NC3CC=CC3)nccn2n1. The van der Waals surface area contributed by atoms with E-state index in [1.165, 1.54) is 0 Å². The van der Waals surface area contributed by atoms with Crippen molar-refractivity contribution in [1.29, 1.82) is 0 Å². The zero-order chi connectivity index (χ0) is 13.5. The first-order valence-electron chi connectivity index (χ1n) is 6.80. The molecule has 2 aromatic heterocycles. The number of aromatic nitrogens is 3. The van der Waals surface area contributed by atoms with E-state index in [0.717, 1.165) is 29.9 Å². The summed E-state index contributed by atoms with van der Waals surface area (Å²) in [5.41, 5.74) is 2.20. The van der Waals surface area contributed by atoms with Crippen LogP contribution in [-0.4, -0.2) is 20.6 Å². The Labute approximate surface area is 113 Å². The summed E-state index contributed by atoms with van der Waals surface area (Å²) in [7, 11) is 0. The van der Waals surface area contributed by atoms with Gasteiger partial charge in [0.25, 0.3) is 0 Å². The van der Waals surface area contributed by atoms with Gasteiger partial charge < -0.3 is 5.32 Å². The van der Waals surface area contributed by atoms with Crippen molar-refractivity contribution in [1.82, 2.24) is 14.6 Å². The molecule has 4 heteroatoms. The fourth-order valence-corrected chi connectivity index (χ4v) is 2.33. The molecule has 2 heterocycles. The van der Waals surface area contributed by atoms with Crippen molar-refractivity contribution in [3.05, 3.63) is 36.3 Å². The molecule has 4 nitrogen and oxygen atoms in total. The van der Waals surface area contributed by atoms with Gasteiger partial charge >= 0.3 is 0 Å². The highest BCUT2D eigenvalue weighted by molar-refractivity contribution is 5.68. The van der Waals surface area contributed by atoms with Gasteiger partial charge in [-0.15, -0.1) is 0 Å². The molecule has 0 radical (unpaired) electrons. The quantitative estimate of drug-likeness (QED) is 0.839. The molecule has 0 aliphatic heterocycles. The molecule has 0 bridgehead atoms. The number of nitrogens with zero attached hydrogens (tertiary/aromatic N) is 3. The molecule has 0 atom stereocenters. The summed E-state index contributed by atoms with van der Waals surface area (Å²) in [6.07, 6.45) is 10.3. The monoisotopic (exact) mass is 256 g/mol. The molecule has 1 aliphatic carbocycles. The average molecular weight is 256 g/mol. The number of rotatable bonds is 2. The molecule has 0 unspecified atom stereocenters. The van der Waals surface area contributed by atoms with Crippen LogP contribution in [0.5, 0.6) is 0 Å². The largest absolute Gasteiger partial charge is 0.365 e. The average Bonchev–Trinajstić information content (AvgIpc) is 2.96. The Kier molecular flexibility index (Phi) is 2.81. The van der Waals surface area contributed by atoms with Crippen LogP contribution in [-0.2, 0) is 5.41 Å². The lowest BCUT2D eigenvalue weighted by molar-refractivity contribution is 0.562. The third-order valence-electron chi connectivity index (χ3n) is 3.51. The highest BCUT2D eigenvalue weighted by Crippen LogP contribution is 2.25. The van der Waals surface area contributed by atoms with Gasteiger partial charge in [-0.2, -0.15) is 5.10 Å².